The van der Waals surface area contributed by atoms with Crippen LogP contribution in [0.15, 0.2) is 24.3 Å². The van der Waals surface area contributed by atoms with Crippen LogP contribution in [0.5, 0.6) is 11.5 Å². The highest BCUT2D eigenvalue weighted by Gasteiger charge is 2.37. The Bertz CT molecular complexity index is 458. The Labute approximate surface area is 128 Å². The normalized spacial score (nSPS) is 26.4. The molecule has 3 heteroatoms. The van der Waals surface area contributed by atoms with E-state index in [0.717, 1.165) is 24.3 Å². The van der Waals surface area contributed by atoms with Crippen molar-refractivity contribution in [3.05, 3.63) is 24.3 Å². The molecule has 1 aliphatic carbocycles. The van der Waals surface area contributed by atoms with E-state index in [2.05, 4.69) is 20.8 Å². The minimum absolute atomic E-state index is 0.0749. The first-order valence-electron chi connectivity index (χ1n) is 8.03. The van der Waals surface area contributed by atoms with Gasteiger partial charge >= 0.3 is 0 Å². The van der Waals surface area contributed by atoms with Crippen LogP contribution < -0.4 is 15.2 Å². The number of rotatable bonds is 5. The van der Waals surface area contributed by atoms with Crippen molar-refractivity contribution in [2.45, 2.75) is 58.6 Å². The number of ether oxygens (including phenoxy) is 2. The van der Waals surface area contributed by atoms with Gasteiger partial charge in [0.2, 0.25) is 0 Å². The topological polar surface area (TPSA) is 44.5 Å². The number of hydrogen-bond acceptors (Lipinski definition) is 3. The van der Waals surface area contributed by atoms with E-state index in [1.165, 1.54) is 12.8 Å². The molecular formula is C18H29NO2. The van der Waals surface area contributed by atoms with Crippen molar-refractivity contribution < 1.29 is 9.47 Å². The first-order chi connectivity index (χ1) is 9.97. The molecule has 0 aromatic heterocycles. The fourth-order valence-electron chi connectivity index (χ4n) is 3.17. The van der Waals surface area contributed by atoms with Gasteiger partial charge in [-0.3, -0.25) is 0 Å². The number of methoxy groups -OCH3 is 1. The average molecular weight is 291 g/mol. The summed E-state index contributed by atoms with van der Waals surface area (Å²) in [5.41, 5.74) is 6.65. The lowest BCUT2D eigenvalue weighted by atomic mass is 9.68. The molecule has 3 unspecified atom stereocenters. The molecule has 2 rings (SSSR count). The molecule has 118 valence electrons. The van der Waals surface area contributed by atoms with Gasteiger partial charge in [-0.25, -0.2) is 0 Å². The summed E-state index contributed by atoms with van der Waals surface area (Å²) in [6.07, 6.45) is 4.53. The van der Waals surface area contributed by atoms with Crippen molar-refractivity contribution in [3.8, 4) is 11.5 Å². The Morgan fingerprint density at radius 3 is 2.48 bits per heavy atom. The van der Waals surface area contributed by atoms with Crippen LogP contribution in [0.25, 0.3) is 0 Å². The third-order valence-corrected chi connectivity index (χ3v) is 5.21. The Balaban J connectivity index is 2.10. The molecule has 2 N–H and O–H groups in total. The van der Waals surface area contributed by atoms with Crippen LogP contribution in [0.3, 0.4) is 0 Å². The summed E-state index contributed by atoms with van der Waals surface area (Å²) in [6, 6.07) is 7.92. The molecule has 0 spiro atoms. The van der Waals surface area contributed by atoms with Crippen molar-refractivity contribution in [2.75, 3.05) is 7.11 Å². The fraction of sp³-hybridized carbons (Fsp3) is 0.667. The molecule has 0 amide bonds. The summed E-state index contributed by atoms with van der Waals surface area (Å²) in [6.45, 7) is 6.98. The number of nitrogens with two attached hydrogens (primary N) is 1. The van der Waals surface area contributed by atoms with Crippen molar-refractivity contribution >= 4 is 0 Å². The molecule has 0 aliphatic heterocycles. The van der Waals surface area contributed by atoms with Gasteiger partial charge in [-0.15, -0.1) is 0 Å². The van der Waals surface area contributed by atoms with Crippen LogP contribution in [0.1, 0.15) is 46.5 Å². The lowest BCUT2D eigenvalue weighted by molar-refractivity contribution is 0.0487. The Morgan fingerprint density at radius 1 is 1.19 bits per heavy atom. The van der Waals surface area contributed by atoms with Gasteiger partial charge in [0.15, 0.2) is 11.5 Å². The highest BCUT2D eigenvalue weighted by molar-refractivity contribution is 5.39. The molecular weight excluding hydrogens is 262 g/mol. The molecule has 1 aromatic rings. The Kier molecular flexibility index (Phi) is 5.15. The first kappa shape index (κ1) is 16.2. The number of para-hydroxylation sites is 2. The van der Waals surface area contributed by atoms with Gasteiger partial charge in [-0.2, -0.15) is 0 Å². The second-order valence-corrected chi connectivity index (χ2v) is 6.82. The Morgan fingerprint density at radius 2 is 1.86 bits per heavy atom. The monoisotopic (exact) mass is 291 g/mol. The molecule has 0 saturated heterocycles. The number of hydrogen-bond donors (Lipinski definition) is 1. The highest BCUT2D eigenvalue weighted by atomic mass is 16.5. The van der Waals surface area contributed by atoms with E-state index in [1.54, 1.807) is 7.11 Å². The van der Waals surface area contributed by atoms with Crippen molar-refractivity contribution in [1.82, 2.24) is 0 Å². The summed E-state index contributed by atoms with van der Waals surface area (Å²) < 4.78 is 11.6. The summed E-state index contributed by atoms with van der Waals surface area (Å²) in [5, 5.41) is 0. The van der Waals surface area contributed by atoms with Crippen LogP contribution >= 0.6 is 0 Å². The predicted molar refractivity (Wildman–Crippen MR) is 86.8 cm³/mol. The molecule has 1 aromatic carbocycles. The van der Waals surface area contributed by atoms with Gasteiger partial charge in [0.05, 0.1) is 7.11 Å². The zero-order chi connectivity index (χ0) is 15.5. The second-order valence-electron chi connectivity index (χ2n) is 6.82. The van der Waals surface area contributed by atoms with E-state index in [-0.39, 0.29) is 12.1 Å². The van der Waals surface area contributed by atoms with Gasteiger partial charge in [-0.05, 0) is 42.7 Å². The standard InChI is InChI=1S/C18H29NO2/c1-5-18(2,3)13-10-11-14(19)17(12-13)21-16-9-7-6-8-15(16)20-4/h6-9,13-14,17H,5,10-12,19H2,1-4H3. The molecule has 1 aliphatic rings. The number of benzene rings is 1. The van der Waals surface area contributed by atoms with Crippen LogP contribution in [-0.2, 0) is 0 Å². The summed E-state index contributed by atoms with van der Waals surface area (Å²) in [7, 11) is 1.67. The first-order valence-corrected chi connectivity index (χ1v) is 8.03. The van der Waals surface area contributed by atoms with E-state index in [9.17, 15) is 0 Å². The molecule has 0 heterocycles. The van der Waals surface area contributed by atoms with Gasteiger partial charge in [0.1, 0.15) is 6.10 Å². The zero-order valence-electron chi connectivity index (χ0n) is 13.8. The van der Waals surface area contributed by atoms with Crippen LogP contribution in [0.2, 0.25) is 0 Å². The highest BCUT2D eigenvalue weighted by Crippen LogP contribution is 2.41. The van der Waals surface area contributed by atoms with Crippen molar-refractivity contribution in [3.63, 3.8) is 0 Å². The molecule has 1 saturated carbocycles. The minimum Gasteiger partial charge on any atom is -0.493 e. The lowest BCUT2D eigenvalue weighted by Gasteiger charge is -2.42. The maximum Gasteiger partial charge on any atom is 0.161 e. The predicted octanol–water partition coefficient (Wildman–Crippen LogP) is 4.01. The lowest BCUT2D eigenvalue weighted by Crippen LogP contribution is -2.46. The minimum atomic E-state index is 0.0749. The molecule has 3 atom stereocenters. The van der Waals surface area contributed by atoms with Crippen LogP contribution in [-0.4, -0.2) is 19.3 Å². The maximum absolute atomic E-state index is 6.30. The van der Waals surface area contributed by atoms with E-state index >= 15 is 0 Å². The maximum atomic E-state index is 6.30. The largest absolute Gasteiger partial charge is 0.493 e. The molecule has 21 heavy (non-hydrogen) atoms. The molecule has 3 nitrogen and oxygen atoms in total. The quantitative estimate of drug-likeness (QED) is 0.891. The fourth-order valence-corrected chi connectivity index (χ4v) is 3.17. The summed E-state index contributed by atoms with van der Waals surface area (Å²) in [4.78, 5) is 0. The van der Waals surface area contributed by atoms with E-state index in [1.807, 2.05) is 24.3 Å². The van der Waals surface area contributed by atoms with E-state index in [0.29, 0.717) is 11.3 Å². The molecule has 0 radical (unpaired) electrons. The summed E-state index contributed by atoms with van der Waals surface area (Å²) in [5.74, 6) is 2.25. The van der Waals surface area contributed by atoms with Gasteiger partial charge in [-0.1, -0.05) is 39.3 Å². The molecule has 0 bridgehead atoms. The average Bonchev–Trinajstić information content (AvgIpc) is 2.49. The van der Waals surface area contributed by atoms with E-state index < -0.39 is 0 Å². The van der Waals surface area contributed by atoms with Gasteiger partial charge in [0, 0.05) is 6.04 Å². The summed E-state index contributed by atoms with van der Waals surface area (Å²) >= 11 is 0. The van der Waals surface area contributed by atoms with Crippen molar-refractivity contribution in [2.24, 2.45) is 17.1 Å². The van der Waals surface area contributed by atoms with E-state index in [4.69, 9.17) is 15.2 Å². The zero-order valence-corrected chi connectivity index (χ0v) is 13.8. The SMILES string of the molecule is CCC(C)(C)C1CCC(N)C(Oc2ccccc2OC)C1. The second kappa shape index (κ2) is 6.69. The third kappa shape index (κ3) is 3.70. The molecule has 1 fully saturated rings. The smallest absolute Gasteiger partial charge is 0.161 e. The van der Waals surface area contributed by atoms with Crippen molar-refractivity contribution in [1.29, 1.82) is 0 Å². The van der Waals surface area contributed by atoms with Crippen LogP contribution in [0, 0.1) is 11.3 Å². The van der Waals surface area contributed by atoms with Crippen LogP contribution in [0.4, 0.5) is 0 Å². The van der Waals surface area contributed by atoms with Gasteiger partial charge in [0.25, 0.3) is 0 Å². The Hall–Kier alpha value is -1.22. The van der Waals surface area contributed by atoms with Gasteiger partial charge < -0.3 is 15.2 Å². The third-order valence-electron chi connectivity index (χ3n) is 5.21.